The summed E-state index contributed by atoms with van der Waals surface area (Å²) in [5.74, 6) is 0.532. The molecule has 156 valence electrons. The molecule has 3 rings (SSSR count). The molecule has 0 atom stereocenters. The van der Waals surface area contributed by atoms with E-state index >= 15 is 0 Å². The van der Waals surface area contributed by atoms with Crippen LogP contribution in [0.4, 0.5) is 5.69 Å². The maximum atomic E-state index is 12.4. The van der Waals surface area contributed by atoms with Crippen molar-refractivity contribution in [1.29, 1.82) is 0 Å². The quantitative estimate of drug-likeness (QED) is 0.397. The number of thioether (sulfide) groups is 1. The van der Waals surface area contributed by atoms with Crippen LogP contribution in [0, 0.1) is 0 Å². The van der Waals surface area contributed by atoms with Crippen molar-refractivity contribution >= 4 is 40.0 Å². The number of likely N-dealkylation sites (N-methyl/N-ethyl adjacent to an activating group) is 1. The van der Waals surface area contributed by atoms with Gasteiger partial charge >= 0.3 is 0 Å². The van der Waals surface area contributed by atoms with Gasteiger partial charge in [-0.2, -0.15) is 0 Å². The maximum absolute atomic E-state index is 12.4. The lowest BCUT2D eigenvalue weighted by molar-refractivity contribution is -0.133. The van der Waals surface area contributed by atoms with Gasteiger partial charge in [-0.1, -0.05) is 48.5 Å². The molecule has 0 heterocycles. The van der Waals surface area contributed by atoms with E-state index in [4.69, 9.17) is 4.74 Å². The van der Waals surface area contributed by atoms with Crippen molar-refractivity contribution in [2.75, 3.05) is 31.8 Å². The summed E-state index contributed by atoms with van der Waals surface area (Å²) < 4.78 is 5.88. The van der Waals surface area contributed by atoms with Gasteiger partial charge in [0.15, 0.2) is 0 Å². The third-order valence-electron chi connectivity index (χ3n) is 4.73. The minimum Gasteiger partial charge on any atom is -0.493 e. The lowest BCUT2D eigenvalue weighted by Gasteiger charge is -2.17. The van der Waals surface area contributed by atoms with E-state index in [0.29, 0.717) is 19.4 Å². The number of nitrogens with one attached hydrogen (secondary N) is 1. The van der Waals surface area contributed by atoms with Crippen molar-refractivity contribution in [3.8, 4) is 5.75 Å². The number of nitrogens with zero attached hydrogens (tertiary/aromatic N) is 1. The monoisotopic (exact) mass is 422 g/mol. The Morgan fingerprint density at radius 2 is 1.73 bits per heavy atom. The predicted molar refractivity (Wildman–Crippen MR) is 123 cm³/mol. The molecular weight excluding hydrogens is 396 g/mol. The number of para-hydroxylation sites is 1. The van der Waals surface area contributed by atoms with Crippen LogP contribution in [0.15, 0.2) is 71.6 Å². The van der Waals surface area contributed by atoms with Gasteiger partial charge in [-0.05, 0) is 36.3 Å². The fourth-order valence-electron chi connectivity index (χ4n) is 3.16. The summed E-state index contributed by atoms with van der Waals surface area (Å²) in [4.78, 5) is 27.1. The van der Waals surface area contributed by atoms with E-state index in [1.807, 2.05) is 73.0 Å². The van der Waals surface area contributed by atoms with Crippen LogP contribution in [0.3, 0.4) is 0 Å². The summed E-state index contributed by atoms with van der Waals surface area (Å²) in [5, 5.41) is 5.06. The molecule has 0 aliphatic rings. The van der Waals surface area contributed by atoms with Crippen molar-refractivity contribution in [3.63, 3.8) is 0 Å². The summed E-state index contributed by atoms with van der Waals surface area (Å²) >= 11 is 1.57. The lowest BCUT2D eigenvalue weighted by Crippen LogP contribution is -2.35. The third kappa shape index (κ3) is 5.76. The highest BCUT2D eigenvalue weighted by Crippen LogP contribution is 2.26. The molecule has 0 spiro atoms. The number of carbonyl (C=O) groups is 2. The van der Waals surface area contributed by atoms with Crippen LogP contribution in [0.2, 0.25) is 0 Å². The Hall–Kier alpha value is -2.99. The molecule has 3 aromatic carbocycles. The van der Waals surface area contributed by atoms with Gasteiger partial charge in [-0.3, -0.25) is 9.59 Å². The van der Waals surface area contributed by atoms with Gasteiger partial charge in [-0.25, -0.2) is 0 Å². The highest BCUT2D eigenvalue weighted by atomic mass is 32.2. The molecule has 0 saturated carbocycles. The Morgan fingerprint density at radius 3 is 2.57 bits per heavy atom. The summed E-state index contributed by atoms with van der Waals surface area (Å²) in [6.07, 6.45) is 2.88. The summed E-state index contributed by atoms with van der Waals surface area (Å²) in [5.41, 5.74) is 0.763. The first kappa shape index (κ1) is 21.7. The molecule has 1 N–H and O–H groups in total. The molecule has 3 aromatic rings. The molecule has 0 aliphatic carbocycles. The molecule has 0 unspecified atom stereocenters. The SMILES string of the molecule is CSc1ccccc1NC(=O)CN(C)C(=O)CCCOc1cccc2ccccc12. The number of benzene rings is 3. The van der Waals surface area contributed by atoms with Crippen LogP contribution in [-0.2, 0) is 9.59 Å². The van der Waals surface area contributed by atoms with Crippen LogP contribution >= 0.6 is 11.8 Å². The Bertz CT molecular complexity index is 1020. The first-order valence-corrected chi connectivity index (χ1v) is 11.1. The molecule has 6 heteroatoms. The number of fused-ring (bicyclic) bond motifs is 1. The number of anilines is 1. The topological polar surface area (TPSA) is 58.6 Å². The first-order valence-electron chi connectivity index (χ1n) is 9.86. The van der Waals surface area contributed by atoms with Crippen LogP contribution in [0.1, 0.15) is 12.8 Å². The predicted octanol–water partition coefficient (Wildman–Crippen LogP) is 4.82. The fourth-order valence-corrected chi connectivity index (χ4v) is 3.71. The molecular formula is C24H26N2O3S. The van der Waals surface area contributed by atoms with E-state index in [1.54, 1.807) is 18.8 Å². The zero-order valence-corrected chi connectivity index (χ0v) is 18.1. The first-order chi connectivity index (χ1) is 14.6. The molecule has 0 aromatic heterocycles. The van der Waals surface area contributed by atoms with Crippen molar-refractivity contribution in [2.24, 2.45) is 0 Å². The number of hydrogen-bond donors (Lipinski definition) is 1. The zero-order valence-electron chi connectivity index (χ0n) is 17.3. The van der Waals surface area contributed by atoms with E-state index in [9.17, 15) is 9.59 Å². The fraction of sp³-hybridized carbons (Fsp3) is 0.250. The van der Waals surface area contributed by atoms with Gasteiger partial charge in [0.25, 0.3) is 0 Å². The van der Waals surface area contributed by atoms with Gasteiger partial charge in [0.1, 0.15) is 5.75 Å². The van der Waals surface area contributed by atoms with Crippen LogP contribution in [-0.4, -0.2) is 43.2 Å². The van der Waals surface area contributed by atoms with Gasteiger partial charge in [0, 0.05) is 23.8 Å². The molecule has 2 amide bonds. The highest BCUT2D eigenvalue weighted by molar-refractivity contribution is 7.98. The Balaban J connectivity index is 1.43. The average Bonchev–Trinajstić information content (AvgIpc) is 2.76. The maximum Gasteiger partial charge on any atom is 0.244 e. The van der Waals surface area contributed by atoms with E-state index in [2.05, 4.69) is 5.32 Å². The van der Waals surface area contributed by atoms with Crippen LogP contribution in [0.5, 0.6) is 5.75 Å². The number of rotatable bonds is 9. The molecule has 0 aliphatic heterocycles. The van der Waals surface area contributed by atoms with Gasteiger partial charge in [0.05, 0.1) is 18.8 Å². The van der Waals surface area contributed by atoms with E-state index < -0.39 is 0 Å². The van der Waals surface area contributed by atoms with Crippen molar-refractivity contribution < 1.29 is 14.3 Å². The van der Waals surface area contributed by atoms with Crippen molar-refractivity contribution in [3.05, 3.63) is 66.7 Å². The Morgan fingerprint density at radius 1 is 1.00 bits per heavy atom. The summed E-state index contributed by atoms with van der Waals surface area (Å²) in [7, 11) is 1.65. The van der Waals surface area contributed by atoms with E-state index in [-0.39, 0.29) is 18.4 Å². The number of amides is 2. The molecule has 0 radical (unpaired) electrons. The average molecular weight is 423 g/mol. The van der Waals surface area contributed by atoms with Crippen LogP contribution in [0.25, 0.3) is 10.8 Å². The second kappa shape index (κ2) is 10.7. The standard InChI is InChI=1S/C24H26N2O3S/c1-26(17-23(27)25-20-12-5-6-14-22(20)30-2)24(28)15-8-16-29-21-13-7-10-18-9-3-4-11-19(18)21/h3-7,9-14H,8,15-17H2,1-2H3,(H,25,27). The molecule has 5 nitrogen and oxygen atoms in total. The number of ether oxygens (including phenoxy) is 1. The molecule has 30 heavy (non-hydrogen) atoms. The van der Waals surface area contributed by atoms with Crippen molar-refractivity contribution in [1.82, 2.24) is 4.90 Å². The minimum absolute atomic E-state index is 0.0196. The van der Waals surface area contributed by atoms with Crippen LogP contribution < -0.4 is 10.1 Å². The lowest BCUT2D eigenvalue weighted by atomic mass is 10.1. The Labute approximate surface area is 181 Å². The van der Waals surface area contributed by atoms with Gasteiger partial charge < -0.3 is 15.0 Å². The van der Waals surface area contributed by atoms with Gasteiger partial charge in [-0.15, -0.1) is 11.8 Å². The number of carbonyl (C=O) groups excluding carboxylic acids is 2. The summed E-state index contributed by atoms with van der Waals surface area (Å²) in [6.45, 7) is 0.465. The van der Waals surface area contributed by atoms with E-state index in [1.165, 1.54) is 4.90 Å². The largest absolute Gasteiger partial charge is 0.493 e. The molecule has 0 fully saturated rings. The minimum atomic E-state index is -0.209. The second-order valence-electron chi connectivity index (χ2n) is 6.93. The molecule has 0 bridgehead atoms. The molecule has 0 saturated heterocycles. The normalized spacial score (nSPS) is 10.6. The Kier molecular flexibility index (Phi) is 7.74. The number of hydrogen-bond acceptors (Lipinski definition) is 4. The summed E-state index contributed by atoms with van der Waals surface area (Å²) in [6, 6.07) is 21.6. The van der Waals surface area contributed by atoms with E-state index in [0.717, 1.165) is 27.1 Å². The second-order valence-corrected chi connectivity index (χ2v) is 7.78. The van der Waals surface area contributed by atoms with Crippen molar-refractivity contribution in [2.45, 2.75) is 17.7 Å². The smallest absolute Gasteiger partial charge is 0.244 e. The van der Waals surface area contributed by atoms with Gasteiger partial charge in [0.2, 0.25) is 11.8 Å². The zero-order chi connectivity index (χ0) is 21.3. The third-order valence-corrected chi connectivity index (χ3v) is 5.53. The highest BCUT2D eigenvalue weighted by Gasteiger charge is 2.14.